The number of benzene rings is 1. The fourth-order valence-electron chi connectivity index (χ4n) is 2.94. The van der Waals surface area contributed by atoms with Gasteiger partial charge in [-0.15, -0.1) is 0 Å². The molecule has 1 aromatic carbocycles. The normalized spacial score (nSPS) is 13.8. The molecule has 0 spiro atoms. The molecule has 1 fully saturated rings. The van der Waals surface area contributed by atoms with Crippen LogP contribution >= 0.6 is 23.1 Å². The van der Waals surface area contributed by atoms with E-state index in [0.717, 1.165) is 25.9 Å². The molecule has 2 aromatic heterocycles. The van der Waals surface area contributed by atoms with Gasteiger partial charge in [0.15, 0.2) is 5.13 Å². The van der Waals surface area contributed by atoms with Gasteiger partial charge in [-0.25, -0.2) is 14.4 Å². The minimum absolute atomic E-state index is 0.00608. The van der Waals surface area contributed by atoms with Gasteiger partial charge in [-0.1, -0.05) is 23.1 Å². The molecule has 1 N–H and O–H groups in total. The molecule has 0 radical (unpaired) electrons. The number of halogens is 1. The van der Waals surface area contributed by atoms with E-state index in [1.807, 2.05) is 4.90 Å². The molecule has 0 bridgehead atoms. The standard InChI is InChI=1S/C19H17FN4O2S2/c20-13-4-5-14-15(9-13)28-19(22-14)23-16(25)11-27-17-6-3-12(10-21-17)18(26)24-7-1-2-8-24/h3-6,9-10H,1-2,7-8,11H2,(H,22,23,25). The van der Waals surface area contributed by atoms with Gasteiger partial charge < -0.3 is 10.2 Å². The first-order chi connectivity index (χ1) is 13.6. The Balaban J connectivity index is 1.32. The molecule has 144 valence electrons. The molecule has 6 nitrogen and oxygen atoms in total. The van der Waals surface area contributed by atoms with Crippen LogP contribution in [0.25, 0.3) is 10.2 Å². The molecule has 0 unspecified atom stereocenters. The number of amides is 2. The number of rotatable bonds is 5. The van der Waals surface area contributed by atoms with Gasteiger partial charge in [0.25, 0.3) is 5.91 Å². The Labute approximate surface area is 169 Å². The van der Waals surface area contributed by atoms with Gasteiger partial charge in [0.1, 0.15) is 5.82 Å². The smallest absolute Gasteiger partial charge is 0.255 e. The Hall–Kier alpha value is -2.52. The first-order valence-corrected chi connectivity index (χ1v) is 10.6. The van der Waals surface area contributed by atoms with Gasteiger partial charge in [0.05, 0.1) is 26.6 Å². The molecule has 4 rings (SSSR count). The van der Waals surface area contributed by atoms with Crippen LogP contribution in [-0.2, 0) is 4.79 Å². The number of thiazole rings is 1. The lowest BCUT2D eigenvalue weighted by molar-refractivity contribution is -0.113. The Morgan fingerprint density at radius 3 is 2.79 bits per heavy atom. The van der Waals surface area contributed by atoms with E-state index in [1.54, 1.807) is 24.4 Å². The van der Waals surface area contributed by atoms with E-state index in [0.29, 0.717) is 25.9 Å². The summed E-state index contributed by atoms with van der Waals surface area (Å²) in [5.74, 6) is -0.381. The minimum atomic E-state index is -0.331. The summed E-state index contributed by atoms with van der Waals surface area (Å²) < 4.78 is 13.9. The quantitative estimate of drug-likeness (QED) is 0.641. The summed E-state index contributed by atoms with van der Waals surface area (Å²) in [6.45, 7) is 1.60. The number of fused-ring (bicyclic) bond motifs is 1. The molecular weight excluding hydrogens is 399 g/mol. The van der Waals surface area contributed by atoms with Crippen molar-refractivity contribution in [1.29, 1.82) is 0 Å². The Morgan fingerprint density at radius 1 is 1.21 bits per heavy atom. The van der Waals surface area contributed by atoms with Crippen molar-refractivity contribution in [2.45, 2.75) is 17.9 Å². The highest BCUT2D eigenvalue weighted by molar-refractivity contribution is 7.99. The van der Waals surface area contributed by atoms with Crippen LogP contribution in [-0.4, -0.2) is 45.5 Å². The van der Waals surface area contributed by atoms with E-state index in [4.69, 9.17) is 0 Å². The summed E-state index contributed by atoms with van der Waals surface area (Å²) >= 11 is 2.51. The molecule has 3 heterocycles. The van der Waals surface area contributed by atoms with Crippen molar-refractivity contribution in [3.05, 3.63) is 47.9 Å². The van der Waals surface area contributed by atoms with Crippen LogP contribution in [0.5, 0.6) is 0 Å². The van der Waals surface area contributed by atoms with Crippen LogP contribution in [0.1, 0.15) is 23.2 Å². The number of aromatic nitrogens is 2. The van der Waals surface area contributed by atoms with E-state index >= 15 is 0 Å². The second kappa shape index (κ2) is 8.24. The highest BCUT2D eigenvalue weighted by Gasteiger charge is 2.19. The average molecular weight is 417 g/mol. The molecule has 1 aliphatic heterocycles. The zero-order valence-corrected chi connectivity index (χ0v) is 16.5. The maximum Gasteiger partial charge on any atom is 0.255 e. The van der Waals surface area contributed by atoms with Crippen LogP contribution < -0.4 is 5.32 Å². The number of anilines is 1. The lowest BCUT2D eigenvalue weighted by Crippen LogP contribution is -2.27. The van der Waals surface area contributed by atoms with E-state index in [-0.39, 0.29) is 23.4 Å². The summed E-state index contributed by atoms with van der Waals surface area (Å²) in [5, 5.41) is 3.83. The molecule has 1 aliphatic rings. The van der Waals surface area contributed by atoms with Crippen molar-refractivity contribution in [1.82, 2.24) is 14.9 Å². The fraction of sp³-hybridized carbons (Fsp3) is 0.263. The van der Waals surface area contributed by atoms with Crippen molar-refractivity contribution in [3.63, 3.8) is 0 Å². The maximum absolute atomic E-state index is 13.2. The molecular formula is C19H17FN4O2S2. The number of carbonyl (C=O) groups excluding carboxylic acids is 2. The molecule has 9 heteroatoms. The van der Waals surface area contributed by atoms with Crippen LogP contribution in [0.2, 0.25) is 0 Å². The second-order valence-corrected chi connectivity index (χ2v) is 8.38. The number of nitrogens with zero attached hydrogens (tertiary/aromatic N) is 3. The Kier molecular flexibility index (Phi) is 5.54. The van der Waals surface area contributed by atoms with Crippen molar-refractivity contribution in [3.8, 4) is 0 Å². The fourth-order valence-corrected chi connectivity index (χ4v) is 4.49. The van der Waals surface area contributed by atoms with E-state index < -0.39 is 0 Å². The Morgan fingerprint density at radius 2 is 2.04 bits per heavy atom. The van der Waals surface area contributed by atoms with Crippen LogP contribution in [0, 0.1) is 5.82 Å². The molecule has 1 saturated heterocycles. The number of likely N-dealkylation sites (tertiary alicyclic amines) is 1. The first-order valence-electron chi connectivity index (χ1n) is 8.82. The predicted octanol–water partition coefficient (Wildman–Crippen LogP) is 3.80. The van der Waals surface area contributed by atoms with Gasteiger partial charge >= 0.3 is 0 Å². The lowest BCUT2D eigenvalue weighted by Gasteiger charge is -2.14. The summed E-state index contributed by atoms with van der Waals surface area (Å²) in [6, 6.07) is 7.82. The summed E-state index contributed by atoms with van der Waals surface area (Å²) in [6.07, 6.45) is 3.65. The third-order valence-electron chi connectivity index (χ3n) is 4.32. The molecule has 0 saturated carbocycles. The first kappa shape index (κ1) is 18.8. The SMILES string of the molecule is O=C(CSc1ccc(C(=O)N2CCCC2)cn1)Nc1nc2ccc(F)cc2s1. The highest BCUT2D eigenvalue weighted by atomic mass is 32.2. The predicted molar refractivity (Wildman–Crippen MR) is 108 cm³/mol. The summed E-state index contributed by atoms with van der Waals surface area (Å²) in [4.78, 5) is 34.8. The van der Waals surface area contributed by atoms with Gasteiger partial charge in [0, 0.05) is 19.3 Å². The molecule has 28 heavy (non-hydrogen) atoms. The van der Waals surface area contributed by atoms with Gasteiger partial charge in [-0.2, -0.15) is 0 Å². The van der Waals surface area contributed by atoms with Crippen LogP contribution in [0.3, 0.4) is 0 Å². The third kappa shape index (κ3) is 4.31. The maximum atomic E-state index is 13.2. The molecule has 3 aromatic rings. The molecule has 0 aliphatic carbocycles. The number of pyridine rings is 1. The third-order valence-corrected chi connectivity index (χ3v) is 6.20. The van der Waals surface area contributed by atoms with Crippen molar-refractivity contribution < 1.29 is 14.0 Å². The Bertz CT molecular complexity index is 1020. The summed E-state index contributed by atoms with van der Waals surface area (Å²) in [7, 11) is 0. The van der Waals surface area contributed by atoms with Gasteiger partial charge in [-0.3, -0.25) is 9.59 Å². The monoisotopic (exact) mass is 416 g/mol. The van der Waals surface area contributed by atoms with Gasteiger partial charge in [0.2, 0.25) is 5.91 Å². The average Bonchev–Trinajstić information content (AvgIpc) is 3.35. The zero-order valence-electron chi connectivity index (χ0n) is 14.9. The summed E-state index contributed by atoms with van der Waals surface area (Å²) in [5.41, 5.74) is 1.21. The van der Waals surface area contributed by atoms with E-state index in [2.05, 4.69) is 15.3 Å². The molecule has 2 amide bonds. The number of carbonyl (C=O) groups is 2. The lowest BCUT2D eigenvalue weighted by atomic mass is 10.2. The number of nitrogens with one attached hydrogen (secondary N) is 1. The number of hydrogen-bond donors (Lipinski definition) is 1. The largest absolute Gasteiger partial charge is 0.339 e. The number of thioether (sulfide) groups is 1. The van der Waals surface area contributed by atoms with Crippen molar-refractivity contribution >= 4 is 50.3 Å². The minimum Gasteiger partial charge on any atom is -0.339 e. The van der Waals surface area contributed by atoms with E-state index in [1.165, 1.54) is 35.2 Å². The van der Waals surface area contributed by atoms with Crippen LogP contribution in [0.4, 0.5) is 9.52 Å². The van der Waals surface area contributed by atoms with Crippen LogP contribution in [0.15, 0.2) is 41.6 Å². The second-order valence-electron chi connectivity index (χ2n) is 6.35. The van der Waals surface area contributed by atoms with Gasteiger partial charge in [-0.05, 0) is 43.2 Å². The molecule has 0 atom stereocenters. The highest BCUT2D eigenvalue weighted by Crippen LogP contribution is 2.27. The topological polar surface area (TPSA) is 75.2 Å². The van der Waals surface area contributed by atoms with E-state index in [9.17, 15) is 14.0 Å². The van der Waals surface area contributed by atoms with Crippen molar-refractivity contribution in [2.24, 2.45) is 0 Å². The number of hydrogen-bond acceptors (Lipinski definition) is 6. The van der Waals surface area contributed by atoms with Crippen molar-refractivity contribution in [2.75, 3.05) is 24.2 Å². The zero-order chi connectivity index (χ0) is 19.5.